The number of nitrogens with zero attached hydrogens (tertiary/aromatic N) is 2. The van der Waals surface area contributed by atoms with Gasteiger partial charge in [0.05, 0.1) is 0 Å². The lowest BCUT2D eigenvalue weighted by atomic mass is 9.95. The topological polar surface area (TPSA) is 6.48 Å². The highest BCUT2D eigenvalue weighted by Gasteiger charge is 2.23. The van der Waals surface area contributed by atoms with Crippen LogP contribution in [0.15, 0.2) is 23.5 Å². The molecule has 1 aliphatic heterocycles. The molecule has 1 heterocycles. The molecule has 0 aromatic carbocycles. The van der Waals surface area contributed by atoms with Gasteiger partial charge in [0.25, 0.3) is 0 Å². The predicted octanol–water partition coefficient (Wildman–Crippen LogP) is 3.33. The van der Waals surface area contributed by atoms with E-state index in [0.717, 1.165) is 19.6 Å². The molecule has 1 rings (SSSR count). The Morgan fingerprint density at radius 2 is 1.71 bits per heavy atom. The molecule has 0 amide bonds. The maximum Gasteiger partial charge on any atom is 0.0378 e. The number of hydrogen-bond acceptors (Lipinski definition) is 2. The van der Waals surface area contributed by atoms with Crippen molar-refractivity contribution in [2.45, 2.75) is 34.6 Å². The van der Waals surface area contributed by atoms with Gasteiger partial charge >= 0.3 is 0 Å². The number of likely N-dealkylation sites (N-methyl/N-ethyl adjacent to an activating group) is 1. The highest BCUT2D eigenvalue weighted by Crippen LogP contribution is 2.28. The van der Waals surface area contributed by atoms with E-state index in [0.29, 0.717) is 11.8 Å². The number of rotatable bonds is 3. The van der Waals surface area contributed by atoms with Crippen LogP contribution in [0.3, 0.4) is 0 Å². The molecule has 1 fully saturated rings. The first-order chi connectivity index (χ1) is 7.84. The normalized spacial score (nSPS) is 20.2. The summed E-state index contributed by atoms with van der Waals surface area (Å²) in [5.41, 5.74) is 4.23. The molecule has 0 aromatic rings. The minimum Gasteiger partial charge on any atom is -0.346 e. The highest BCUT2D eigenvalue weighted by atomic mass is 15.3. The van der Waals surface area contributed by atoms with Gasteiger partial charge in [0.2, 0.25) is 0 Å². The summed E-state index contributed by atoms with van der Waals surface area (Å²) in [6.07, 6.45) is 0. The number of allylic oxidation sites excluding steroid dienone is 2. The standard InChI is InChI=1S/C15H28N2/c1-11(2)14(6)15(12(3)4)17-9-8-16(7)10-13(17)5/h11-12H,5,8-10H2,1-4,6-7H3/b15-14+. The SMILES string of the molecule is C=C1CN(C)CCN1/C(=C(\C)C(C)C)C(C)C. The van der Waals surface area contributed by atoms with Crippen molar-refractivity contribution in [1.29, 1.82) is 0 Å². The van der Waals surface area contributed by atoms with Crippen LogP contribution in [0.25, 0.3) is 0 Å². The van der Waals surface area contributed by atoms with Gasteiger partial charge in [-0.25, -0.2) is 0 Å². The number of hydrogen-bond donors (Lipinski definition) is 0. The van der Waals surface area contributed by atoms with Crippen molar-refractivity contribution in [1.82, 2.24) is 9.80 Å². The van der Waals surface area contributed by atoms with Crippen LogP contribution in [0.1, 0.15) is 34.6 Å². The smallest absolute Gasteiger partial charge is 0.0378 e. The lowest BCUT2D eigenvalue weighted by Crippen LogP contribution is -2.43. The molecule has 0 radical (unpaired) electrons. The molecule has 1 saturated heterocycles. The third kappa shape index (κ3) is 3.35. The van der Waals surface area contributed by atoms with Gasteiger partial charge in [-0.1, -0.05) is 39.8 Å². The molecule has 0 N–H and O–H groups in total. The molecule has 0 unspecified atom stereocenters. The monoisotopic (exact) mass is 236 g/mol. The van der Waals surface area contributed by atoms with Crippen molar-refractivity contribution in [3.8, 4) is 0 Å². The Bertz CT molecular complexity index is 313. The van der Waals surface area contributed by atoms with Crippen molar-refractivity contribution < 1.29 is 0 Å². The maximum absolute atomic E-state index is 4.24. The van der Waals surface area contributed by atoms with Crippen molar-refractivity contribution in [3.05, 3.63) is 23.5 Å². The summed E-state index contributed by atoms with van der Waals surface area (Å²) in [5.74, 6) is 1.18. The Balaban J connectivity index is 3.01. The van der Waals surface area contributed by atoms with Gasteiger partial charge in [-0.15, -0.1) is 0 Å². The van der Waals surface area contributed by atoms with Gasteiger partial charge in [-0.2, -0.15) is 0 Å². The van der Waals surface area contributed by atoms with Gasteiger partial charge in [0.15, 0.2) is 0 Å². The van der Waals surface area contributed by atoms with Crippen LogP contribution in [0.2, 0.25) is 0 Å². The van der Waals surface area contributed by atoms with Crippen LogP contribution in [-0.4, -0.2) is 36.5 Å². The van der Waals surface area contributed by atoms with Gasteiger partial charge < -0.3 is 4.90 Å². The molecular weight excluding hydrogens is 208 g/mol. The zero-order valence-corrected chi connectivity index (χ0v) is 12.4. The summed E-state index contributed by atoms with van der Waals surface area (Å²) in [6.45, 7) is 18.8. The fraction of sp³-hybridized carbons (Fsp3) is 0.733. The first kappa shape index (κ1) is 14.3. The average molecular weight is 236 g/mol. The van der Waals surface area contributed by atoms with E-state index in [2.05, 4.69) is 58.0 Å². The van der Waals surface area contributed by atoms with E-state index in [-0.39, 0.29) is 0 Å². The van der Waals surface area contributed by atoms with E-state index in [1.165, 1.54) is 17.0 Å². The fourth-order valence-electron chi connectivity index (χ4n) is 2.47. The second-order valence-electron chi connectivity index (χ2n) is 5.83. The quantitative estimate of drug-likeness (QED) is 0.741. The zero-order chi connectivity index (χ0) is 13.2. The minimum atomic E-state index is 0.567. The Morgan fingerprint density at radius 1 is 1.12 bits per heavy atom. The molecule has 0 aromatic heterocycles. The summed E-state index contributed by atoms with van der Waals surface area (Å²) in [6, 6.07) is 0. The van der Waals surface area contributed by atoms with Gasteiger partial charge in [0.1, 0.15) is 0 Å². The number of piperazine rings is 1. The Morgan fingerprint density at radius 3 is 2.12 bits per heavy atom. The van der Waals surface area contributed by atoms with Crippen molar-refractivity contribution >= 4 is 0 Å². The Kier molecular flexibility index (Phi) is 4.81. The summed E-state index contributed by atoms with van der Waals surface area (Å²) in [4.78, 5) is 4.78. The average Bonchev–Trinajstić information content (AvgIpc) is 2.20. The maximum atomic E-state index is 4.24. The van der Waals surface area contributed by atoms with E-state index < -0.39 is 0 Å². The van der Waals surface area contributed by atoms with Crippen LogP contribution in [0.5, 0.6) is 0 Å². The molecular formula is C15H28N2. The summed E-state index contributed by atoms with van der Waals surface area (Å²) in [7, 11) is 2.16. The summed E-state index contributed by atoms with van der Waals surface area (Å²) >= 11 is 0. The largest absolute Gasteiger partial charge is 0.346 e. The first-order valence-corrected chi connectivity index (χ1v) is 6.69. The highest BCUT2D eigenvalue weighted by molar-refractivity contribution is 5.21. The van der Waals surface area contributed by atoms with Crippen LogP contribution in [-0.2, 0) is 0 Å². The van der Waals surface area contributed by atoms with E-state index in [4.69, 9.17) is 0 Å². The van der Waals surface area contributed by atoms with E-state index in [9.17, 15) is 0 Å². The molecule has 2 nitrogen and oxygen atoms in total. The minimum absolute atomic E-state index is 0.567. The predicted molar refractivity (Wildman–Crippen MR) is 75.7 cm³/mol. The Labute approximate surface area is 107 Å². The molecule has 0 aliphatic carbocycles. The van der Waals surface area contributed by atoms with Gasteiger partial charge in [-0.3, -0.25) is 4.90 Å². The first-order valence-electron chi connectivity index (χ1n) is 6.69. The lowest BCUT2D eigenvalue weighted by Gasteiger charge is -2.40. The Hall–Kier alpha value is -0.760. The van der Waals surface area contributed by atoms with Crippen molar-refractivity contribution in [3.63, 3.8) is 0 Å². The molecule has 1 aliphatic rings. The molecule has 0 spiro atoms. The molecule has 17 heavy (non-hydrogen) atoms. The lowest BCUT2D eigenvalue weighted by molar-refractivity contribution is 0.221. The summed E-state index contributed by atoms with van der Waals surface area (Å²) < 4.78 is 0. The molecule has 98 valence electrons. The van der Waals surface area contributed by atoms with Crippen molar-refractivity contribution in [2.24, 2.45) is 11.8 Å². The fourth-order valence-corrected chi connectivity index (χ4v) is 2.47. The third-order valence-electron chi connectivity index (χ3n) is 3.65. The van der Waals surface area contributed by atoms with Gasteiger partial charge in [-0.05, 0) is 25.8 Å². The second-order valence-corrected chi connectivity index (χ2v) is 5.83. The van der Waals surface area contributed by atoms with E-state index in [1.807, 2.05) is 0 Å². The molecule has 0 bridgehead atoms. The summed E-state index contributed by atoms with van der Waals surface area (Å²) in [5, 5.41) is 0. The third-order valence-corrected chi connectivity index (χ3v) is 3.65. The van der Waals surface area contributed by atoms with Crippen LogP contribution < -0.4 is 0 Å². The van der Waals surface area contributed by atoms with Crippen LogP contribution in [0.4, 0.5) is 0 Å². The van der Waals surface area contributed by atoms with Crippen LogP contribution in [0, 0.1) is 11.8 Å². The van der Waals surface area contributed by atoms with E-state index in [1.54, 1.807) is 0 Å². The van der Waals surface area contributed by atoms with E-state index >= 15 is 0 Å². The van der Waals surface area contributed by atoms with Crippen LogP contribution >= 0.6 is 0 Å². The van der Waals surface area contributed by atoms with Crippen molar-refractivity contribution in [2.75, 3.05) is 26.7 Å². The molecule has 0 atom stereocenters. The second kappa shape index (κ2) is 5.72. The zero-order valence-electron chi connectivity index (χ0n) is 12.4. The van der Waals surface area contributed by atoms with Gasteiger partial charge in [0, 0.05) is 31.0 Å². The molecule has 0 saturated carbocycles. The molecule has 2 heteroatoms.